The van der Waals surface area contributed by atoms with Crippen LogP contribution in [0.1, 0.15) is 38.3 Å². The minimum atomic E-state index is -3.29. The maximum absolute atomic E-state index is 13.6. The van der Waals surface area contributed by atoms with Gasteiger partial charge in [0.25, 0.3) is 0 Å². The summed E-state index contributed by atoms with van der Waals surface area (Å²) in [6, 6.07) is 10.2. The van der Waals surface area contributed by atoms with Crippen LogP contribution in [-0.2, 0) is 14.8 Å². The minimum Gasteiger partial charge on any atom is -0.450 e. The molecule has 7 nitrogen and oxygen atoms in total. The van der Waals surface area contributed by atoms with E-state index in [-0.39, 0.29) is 41.6 Å². The number of amides is 1. The first-order valence-corrected chi connectivity index (χ1v) is 14.3. The summed E-state index contributed by atoms with van der Waals surface area (Å²) in [4.78, 5) is 16.5. The predicted octanol–water partition coefficient (Wildman–Crippen LogP) is 4.37. The second-order valence-corrected chi connectivity index (χ2v) is 11.9. The zero-order valence-electron chi connectivity index (χ0n) is 20.3. The van der Waals surface area contributed by atoms with Crippen LogP contribution in [0.3, 0.4) is 0 Å². The van der Waals surface area contributed by atoms with E-state index in [1.807, 2.05) is 24.3 Å². The SMILES string of the molecule is CCOC(=O)N[C@@H]1CC[C@@H]2[C@@H](C1)C[C@@H]1NS(=O)(=O)C[C@@H]1[C@H]2/C=C/c1ccc(-c2cccc(F)c2)cn1. The molecule has 2 aliphatic carbocycles. The van der Waals surface area contributed by atoms with Crippen molar-refractivity contribution in [1.82, 2.24) is 15.0 Å². The largest absolute Gasteiger partial charge is 0.450 e. The van der Waals surface area contributed by atoms with Crippen LogP contribution < -0.4 is 10.0 Å². The van der Waals surface area contributed by atoms with Crippen LogP contribution in [0.4, 0.5) is 9.18 Å². The van der Waals surface area contributed by atoms with Crippen molar-refractivity contribution < 1.29 is 22.3 Å². The summed E-state index contributed by atoms with van der Waals surface area (Å²) in [6.07, 6.45) is 8.84. The Morgan fingerprint density at radius 3 is 2.81 bits per heavy atom. The Morgan fingerprint density at radius 2 is 2.06 bits per heavy atom. The van der Waals surface area contributed by atoms with Gasteiger partial charge in [-0.05, 0) is 86.1 Å². The van der Waals surface area contributed by atoms with Crippen LogP contribution in [-0.4, -0.2) is 43.9 Å². The number of benzene rings is 1. The summed E-state index contributed by atoms with van der Waals surface area (Å²) in [5.74, 6) is 0.646. The molecule has 2 saturated carbocycles. The second-order valence-electron chi connectivity index (χ2n) is 10.1. The van der Waals surface area contributed by atoms with Gasteiger partial charge in [0.2, 0.25) is 10.0 Å². The van der Waals surface area contributed by atoms with Crippen molar-refractivity contribution in [2.75, 3.05) is 12.4 Å². The number of aromatic nitrogens is 1. The first kappa shape index (κ1) is 24.9. The van der Waals surface area contributed by atoms with Crippen molar-refractivity contribution in [1.29, 1.82) is 0 Å². The topological polar surface area (TPSA) is 97.4 Å². The zero-order chi connectivity index (χ0) is 25.3. The molecule has 192 valence electrons. The number of carbonyl (C=O) groups is 1. The van der Waals surface area contributed by atoms with Crippen LogP contribution in [0.5, 0.6) is 0 Å². The number of sulfonamides is 1. The number of fused-ring (bicyclic) bond motifs is 2. The standard InChI is InChI=1S/C27H32FN3O4S/c1-2-35-27(32)30-22-9-10-23-19(13-22)14-26-25(16-36(33,34)31-26)24(23)11-8-21-7-6-18(15-29-21)17-4-3-5-20(28)12-17/h3-8,11-12,15,19,22-26,31H,2,9-10,13-14,16H2,1H3,(H,30,32)/b11-8+/t19-,22+,23+,24-,25+,26-/m0/s1. The summed E-state index contributed by atoms with van der Waals surface area (Å²) in [6.45, 7) is 2.12. The van der Waals surface area contributed by atoms with Gasteiger partial charge >= 0.3 is 6.09 Å². The fourth-order valence-corrected chi connectivity index (χ4v) is 8.14. The van der Waals surface area contributed by atoms with Gasteiger partial charge < -0.3 is 10.1 Å². The molecule has 9 heteroatoms. The van der Waals surface area contributed by atoms with Crippen molar-refractivity contribution in [2.24, 2.45) is 23.7 Å². The number of pyridine rings is 1. The molecule has 2 aromatic rings. The molecule has 2 N–H and O–H groups in total. The summed E-state index contributed by atoms with van der Waals surface area (Å²) in [7, 11) is -3.29. The summed E-state index contributed by atoms with van der Waals surface area (Å²) >= 11 is 0. The Kier molecular flexibility index (Phi) is 7.12. The fraction of sp³-hybridized carbons (Fsp3) is 0.481. The monoisotopic (exact) mass is 513 g/mol. The van der Waals surface area contributed by atoms with Gasteiger partial charge in [0.05, 0.1) is 18.1 Å². The molecular formula is C27H32FN3O4S. The first-order chi connectivity index (χ1) is 17.3. The Labute approximate surface area is 211 Å². The van der Waals surface area contributed by atoms with E-state index in [1.165, 1.54) is 12.1 Å². The third-order valence-corrected chi connectivity index (χ3v) is 9.36. The van der Waals surface area contributed by atoms with E-state index < -0.39 is 10.0 Å². The maximum Gasteiger partial charge on any atom is 0.407 e. The van der Waals surface area contributed by atoms with E-state index in [4.69, 9.17) is 4.74 Å². The molecule has 3 aliphatic rings. The molecule has 0 bridgehead atoms. The molecule has 0 spiro atoms. The second kappa shape index (κ2) is 10.3. The molecule has 0 radical (unpaired) electrons. The van der Waals surface area contributed by atoms with Gasteiger partial charge in [0, 0.05) is 23.8 Å². The van der Waals surface area contributed by atoms with Gasteiger partial charge in [-0.3, -0.25) is 4.98 Å². The number of carbonyl (C=O) groups excluding carboxylic acids is 1. The molecule has 1 amide bonds. The van der Waals surface area contributed by atoms with Crippen LogP contribution in [0.25, 0.3) is 17.2 Å². The lowest BCUT2D eigenvalue weighted by molar-refractivity contribution is 0.0606. The molecule has 1 aromatic carbocycles. The average Bonchev–Trinajstić information content (AvgIpc) is 3.15. The van der Waals surface area contributed by atoms with Gasteiger partial charge in [-0.25, -0.2) is 22.3 Å². The normalized spacial score (nSPS) is 30.9. The number of nitrogens with zero attached hydrogens (tertiary/aromatic N) is 1. The highest BCUT2D eigenvalue weighted by molar-refractivity contribution is 7.89. The molecule has 5 rings (SSSR count). The van der Waals surface area contributed by atoms with Gasteiger partial charge in [0.15, 0.2) is 0 Å². The number of ether oxygens (including phenoxy) is 1. The number of allylic oxidation sites excluding steroid dienone is 1. The van der Waals surface area contributed by atoms with Gasteiger partial charge in [-0.15, -0.1) is 0 Å². The highest BCUT2D eigenvalue weighted by Crippen LogP contribution is 2.49. The lowest BCUT2D eigenvalue weighted by Gasteiger charge is -2.47. The van der Waals surface area contributed by atoms with Crippen molar-refractivity contribution >= 4 is 22.2 Å². The Bertz CT molecular complexity index is 1230. The van der Waals surface area contributed by atoms with Crippen molar-refractivity contribution in [3.8, 4) is 11.1 Å². The van der Waals surface area contributed by atoms with Crippen molar-refractivity contribution in [3.63, 3.8) is 0 Å². The number of alkyl carbamates (subject to hydrolysis) is 1. The Hall–Kier alpha value is -2.78. The average molecular weight is 514 g/mol. The van der Waals surface area contributed by atoms with E-state index >= 15 is 0 Å². The van der Waals surface area contributed by atoms with Gasteiger partial charge in [-0.1, -0.05) is 24.3 Å². The molecule has 3 fully saturated rings. The molecule has 1 saturated heterocycles. The number of hydrogen-bond acceptors (Lipinski definition) is 5. The van der Waals surface area contributed by atoms with Gasteiger partial charge in [-0.2, -0.15) is 0 Å². The van der Waals surface area contributed by atoms with Crippen molar-refractivity contribution in [3.05, 3.63) is 60.2 Å². The third-order valence-electron chi connectivity index (χ3n) is 7.88. The Morgan fingerprint density at radius 1 is 1.19 bits per heavy atom. The fourth-order valence-electron chi connectivity index (χ4n) is 6.36. The van der Waals surface area contributed by atoms with Crippen LogP contribution in [0.2, 0.25) is 0 Å². The first-order valence-electron chi connectivity index (χ1n) is 12.6. The molecule has 6 atom stereocenters. The maximum atomic E-state index is 13.6. The lowest BCUT2D eigenvalue weighted by Crippen LogP contribution is -2.50. The van der Waals surface area contributed by atoms with Gasteiger partial charge in [0.1, 0.15) is 5.82 Å². The molecule has 1 aromatic heterocycles. The third kappa shape index (κ3) is 5.47. The number of nitrogens with one attached hydrogen (secondary N) is 2. The smallest absolute Gasteiger partial charge is 0.407 e. The lowest BCUT2D eigenvalue weighted by atomic mass is 9.59. The summed E-state index contributed by atoms with van der Waals surface area (Å²) in [5, 5.41) is 2.97. The van der Waals surface area contributed by atoms with Crippen molar-refractivity contribution in [2.45, 2.75) is 44.7 Å². The predicted molar refractivity (Wildman–Crippen MR) is 136 cm³/mol. The molecule has 0 unspecified atom stereocenters. The van der Waals surface area contributed by atoms with E-state index in [1.54, 1.807) is 19.2 Å². The Balaban J connectivity index is 1.33. The van der Waals surface area contributed by atoms with Crippen LogP contribution >= 0.6 is 0 Å². The number of rotatable bonds is 5. The highest BCUT2D eigenvalue weighted by atomic mass is 32.2. The quantitative estimate of drug-likeness (QED) is 0.619. The van der Waals surface area contributed by atoms with E-state index in [0.717, 1.165) is 42.5 Å². The summed E-state index contributed by atoms with van der Waals surface area (Å²) < 4.78 is 46.4. The van der Waals surface area contributed by atoms with E-state index in [0.29, 0.717) is 18.4 Å². The van der Waals surface area contributed by atoms with Crippen LogP contribution in [0, 0.1) is 29.5 Å². The number of hydrogen-bond donors (Lipinski definition) is 2. The molecule has 1 aliphatic heterocycles. The molecule has 2 heterocycles. The minimum absolute atomic E-state index is 0.0219. The summed E-state index contributed by atoms with van der Waals surface area (Å²) in [5.41, 5.74) is 2.38. The van der Waals surface area contributed by atoms with Crippen LogP contribution in [0.15, 0.2) is 48.7 Å². The highest BCUT2D eigenvalue weighted by Gasteiger charge is 2.51. The number of halogens is 1. The zero-order valence-corrected chi connectivity index (χ0v) is 21.1. The van der Waals surface area contributed by atoms with E-state index in [9.17, 15) is 17.6 Å². The molecule has 36 heavy (non-hydrogen) atoms. The van der Waals surface area contributed by atoms with E-state index in [2.05, 4.69) is 21.1 Å². The molecular weight excluding hydrogens is 481 g/mol.